The van der Waals surface area contributed by atoms with E-state index in [1.807, 2.05) is 20.8 Å². The minimum Gasteiger partial charge on any atom is -0.444 e. The van der Waals surface area contributed by atoms with Crippen LogP contribution in [-0.2, 0) is 4.74 Å². The van der Waals surface area contributed by atoms with Gasteiger partial charge in [0.15, 0.2) is 0 Å². The summed E-state index contributed by atoms with van der Waals surface area (Å²) in [7, 11) is 0. The number of carbonyl (C=O) groups excluding carboxylic acids is 1. The number of nitrogens with zero attached hydrogens (tertiary/aromatic N) is 2. The van der Waals surface area contributed by atoms with E-state index in [1.165, 1.54) is 0 Å². The third-order valence-corrected chi connectivity index (χ3v) is 3.09. The minimum atomic E-state index is -0.539. The van der Waals surface area contributed by atoms with Gasteiger partial charge in [-0.15, -0.1) is 0 Å². The highest BCUT2D eigenvalue weighted by Gasteiger charge is 2.17. The molecule has 0 atom stereocenters. The van der Waals surface area contributed by atoms with Crippen molar-refractivity contribution in [3.8, 4) is 0 Å². The van der Waals surface area contributed by atoms with Gasteiger partial charge in [-0.3, -0.25) is 15.3 Å². The van der Waals surface area contributed by atoms with Gasteiger partial charge < -0.3 is 4.74 Å². The molecule has 0 unspecified atom stereocenters. The second-order valence-corrected chi connectivity index (χ2v) is 5.80. The molecule has 1 amide bonds. The van der Waals surface area contributed by atoms with Crippen molar-refractivity contribution in [2.24, 2.45) is 0 Å². The molecule has 0 bridgehead atoms. The van der Waals surface area contributed by atoms with Crippen molar-refractivity contribution in [1.82, 2.24) is 9.97 Å². The first-order chi connectivity index (χ1) is 8.87. The second-order valence-electron chi connectivity index (χ2n) is 5.01. The van der Waals surface area contributed by atoms with Crippen LogP contribution in [0, 0.1) is 0 Å². The Balaban J connectivity index is 2.26. The summed E-state index contributed by atoms with van der Waals surface area (Å²) >= 11 is 3.44. The largest absolute Gasteiger partial charge is 0.444 e. The Bertz CT molecular complexity index is 623. The number of anilines is 1. The molecule has 0 fully saturated rings. The molecule has 0 aliphatic rings. The van der Waals surface area contributed by atoms with Crippen LogP contribution in [0.2, 0.25) is 0 Å². The van der Waals surface area contributed by atoms with E-state index in [-0.39, 0.29) is 0 Å². The van der Waals surface area contributed by atoms with E-state index >= 15 is 0 Å². The average molecular weight is 324 g/mol. The average Bonchev–Trinajstić information content (AvgIpc) is 2.31. The fraction of sp³-hybridized carbons (Fsp3) is 0.308. The van der Waals surface area contributed by atoms with Gasteiger partial charge in [0.05, 0.1) is 21.9 Å². The molecule has 2 aromatic heterocycles. The Hall–Kier alpha value is -1.69. The van der Waals surface area contributed by atoms with Crippen LogP contribution in [0.4, 0.5) is 10.5 Å². The fourth-order valence-corrected chi connectivity index (χ4v) is 2.01. The molecule has 2 rings (SSSR count). The molecule has 0 saturated heterocycles. The fourth-order valence-electron chi connectivity index (χ4n) is 1.51. The Morgan fingerprint density at radius 2 is 2.11 bits per heavy atom. The number of rotatable bonds is 1. The summed E-state index contributed by atoms with van der Waals surface area (Å²) in [4.78, 5) is 20.0. The molecule has 5 nitrogen and oxygen atoms in total. The maximum absolute atomic E-state index is 11.7. The lowest BCUT2D eigenvalue weighted by atomic mass is 10.2. The molecule has 0 aliphatic carbocycles. The Kier molecular flexibility index (Phi) is 3.71. The van der Waals surface area contributed by atoms with E-state index in [4.69, 9.17) is 4.74 Å². The molecule has 2 aromatic rings. The van der Waals surface area contributed by atoms with Crippen LogP contribution in [0.5, 0.6) is 0 Å². The summed E-state index contributed by atoms with van der Waals surface area (Å²) in [5.74, 6) is 0. The highest BCUT2D eigenvalue weighted by Crippen LogP contribution is 2.29. The lowest BCUT2D eigenvalue weighted by molar-refractivity contribution is 0.0636. The summed E-state index contributed by atoms with van der Waals surface area (Å²) in [6.45, 7) is 5.43. The summed E-state index contributed by atoms with van der Waals surface area (Å²) in [5.41, 5.74) is 0.814. The first-order valence-corrected chi connectivity index (χ1v) is 6.54. The molecule has 0 aliphatic heterocycles. The molecule has 1 N–H and O–H groups in total. The zero-order valence-corrected chi connectivity index (χ0v) is 12.5. The quantitative estimate of drug-likeness (QED) is 0.868. The van der Waals surface area contributed by atoms with Gasteiger partial charge in [0.25, 0.3) is 0 Å². The molecule has 100 valence electrons. The number of nitrogens with one attached hydrogen (secondary N) is 1. The highest BCUT2D eigenvalue weighted by atomic mass is 79.9. The van der Waals surface area contributed by atoms with Gasteiger partial charge in [0.2, 0.25) is 0 Å². The van der Waals surface area contributed by atoms with Crippen molar-refractivity contribution in [3.63, 3.8) is 0 Å². The van der Waals surface area contributed by atoms with Gasteiger partial charge in [-0.1, -0.05) is 0 Å². The van der Waals surface area contributed by atoms with E-state index < -0.39 is 11.7 Å². The van der Waals surface area contributed by atoms with Gasteiger partial charge in [-0.25, -0.2) is 4.79 Å². The van der Waals surface area contributed by atoms with Gasteiger partial charge in [0, 0.05) is 17.8 Å². The van der Waals surface area contributed by atoms with Crippen molar-refractivity contribution in [1.29, 1.82) is 0 Å². The number of aromatic nitrogens is 2. The Labute approximate surface area is 119 Å². The van der Waals surface area contributed by atoms with Crippen LogP contribution < -0.4 is 5.32 Å². The SMILES string of the molecule is CC(C)(C)OC(=O)Nc1cnc2ccncc2c1Br. The van der Waals surface area contributed by atoms with E-state index in [2.05, 4.69) is 31.2 Å². The van der Waals surface area contributed by atoms with E-state index in [1.54, 1.807) is 24.7 Å². The summed E-state index contributed by atoms with van der Waals surface area (Å²) in [5, 5.41) is 3.49. The van der Waals surface area contributed by atoms with Crippen molar-refractivity contribution in [2.75, 3.05) is 5.32 Å². The topological polar surface area (TPSA) is 64.1 Å². The zero-order chi connectivity index (χ0) is 14.0. The predicted molar refractivity (Wildman–Crippen MR) is 77.1 cm³/mol. The predicted octanol–water partition coefficient (Wildman–Crippen LogP) is 3.74. The highest BCUT2D eigenvalue weighted by molar-refractivity contribution is 9.10. The lowest BCUT2D eigenvalue weighted by Crippen LogP contribution is -2.27. The van der Waals surface area contributed by atoms with Crippen molar-refractivity contribution in [3.05, 3.63) is 29.1 Å². The number of halogens is 1. The molecule has 0 saturated carbocycles. The number of hydrogen-bond acceptors (Lipinski definition) is 4. The molecule has 19 heavy (non-hydrogen) atoms. The molecule has 6 heteroatoms. The number of ether oxygens (including phenoxy) is 1. The maximum Gasteiger partial charge on any atom is 0.412 e. The number of carbonyl (C=O) groups is 1. The van der Waals surface area contributed by atoms with Gasteiger partial charge in [-0.05, 0) is 42.8 Å². The molecule has 2 heterocycles. The Morgan fingerprint density at radius 3 is 2.79 bits per heavy atom. The van der Waals surface area contributed by atoms with Crippen LogP contribution in [0.15, 0.2) is 29.1 Å². The van der Waals surface area contributed by atoms with Crippen molar-refractivity contribution in [2.45, 2.75) is 26.4 Å². The molecule has 0 radical (unpaired) electrons. The van der Waals surface area contributed by atoms with Crippen molar-refractivity contribution < 1.29 is 9.53 Å². The zero-order valence-electron chi connectivity index (χ0n) is 10.9. The second kappa shape index (κ2) is 5.13. The number of pyridine rings is 2. The summed E-state index contributed by atoms with van der Waals surface area (Å²) in [6.07, 6.45) is 4.42. The van der Waals surface area contributed by atoms with Crippen LogP contribution >= 0.6 is 15.9 Å². The van der Waals surface area contributed by atoms with Crippen LogP contribution in [0.25, 0.3) is 10.9 Å². The lowest BCUT2D eigenvalue weighted by Gasteiger charge is -2.20. The molecule has 0 spiro atoms. The molecule has 0 aromatic carbocycles. The van der Waals surface area contributed by atoms with Crippen LogP contribution in [0.1, 0.15) is 20.8 Å². The molecular weight excluding hydrogens is 310 g/mol. The van der Waals surface area contributed by atoms with Gasteiger partial charge >= 0.3 is 6.09 Å². The van der Waals surface area contributed by atoms with E-state index in [0.717, 1.165) is 15.4 Å². The first kappa shape index (κ1) is 13.7. The maximum atomic E-state index is 11.7. The number of hydrogen-bond donors (Lipinski definition) is 1. The minimum absolute atomic E-state index is 0.516. The third-order valence-electron chi connectivity index (χ3n) is 2.24. The Morgan fingerprint density at radius 1 is 1.37 bits per heavy atom. The van der Waals surface area contributed by atoms with Gasteiger partial charge in [0.1, 0.15) is 5.60 Å². The van der Waals surface area contributed by atoms with Crippen LogP contribution in [0.3, 0.4) is 0 Å². The monoisotopic (exact) mass is 323 g/mol. The number of amides is 1. The number of fused-ring (bicyclic) bond motifs is 1. The first-order valence-electron chi connectivity index (χ1n) is 5.75. The summed E-state index contributed by atoms with van der Waals surface area (Å²) < 4.78 is 5.93. The van der Waals surface area contributed by atoms with E-state index in [9.17, 15) is 4.79 Å². The standard InChI is InChI=1S/C13H14BrN3O2/c1-13(2,3)19-12(18)17-10-7-16-9-4-5-15-6-8(9)11(10)14/h4-7H,1-3H3,(H,17,18). The molecular formula is C13H14BrN3O2. The van der Waals surface area contributed by atoms with E-state index in [0.29, 0.717) is 5.69 Å². The summed E-state index contributed by atoms with van der Waals surface area (Å²) in [6, 6.07) is 1.80. The van der Waals surface area contributed by atoms with Crippen LogP contribution in [-0.4, -0.2) is 21.7 Å². The van der Waals surface area contributed by atoms with Gasteiger partial charge in [-0.2, -0.15) is 0 Å². The third kappa shape index (κ3) is 3.41. The normalized spacial score (nSPS) is 11.4. The smallest absolute Gasteiger partial charge is 0.412 e. The van der Waals surface area contributed by atoms with Crippen molar-refractivity contribution >= 4 is 38.6 Å².